The fraction of sp³-hybridized carbons (Fsp3) is 0.364. The zero-order valence-electron chi connectivity index (χ0n) is 9.69. The predicted octanol–water partition coefficient (Wildman–Crippen LogP) is 2.56. The monoisotopic (exact) mass is 275 g/mol. The lowest BCUT2D eigenvalue weighted by Gasteiger charge is -2.23. The van der Waals surface area contributed by atoms with Crippen LogP contribution in [0.5, 0.6) is 0 Å². The molecule has 0 aromatic heterocycles. The maximum Gasteiger partial charge on any atom is 0.156 e. The highest BCUT2D eigenvalue weighted by Crippen LogP contribution is 2.22. The van der Waals surface area contributed by atoms with Crippen LogP contribution in [-0.4, -0.2) is 29.0 Å². The maximum atomic E-state index is 8.61. The quantitative estimate of drug-likeness (QED) is 0.384. The molecule has 0 saturated carbocycles. The molecule has 1 aromatic rings. The van der Waals surface area contributed by atoms with Gasteiger partial charge in [-0.25, -0.2) is 0 Å². The van der Waals surface area contributed by atoms with Crippen molar-refractivity contribution in [1.82, 2.24) is 4.90 Å². The van der Waals surface area contributed by atoms with Crippen LogP contribution in [0.3, 0.4) is 0 Å². The highest BCUT2D eigenvalue weighted by atomic mass is 35.5. The Labute approximate surface area is 111 Å². The second-order valence-corrected chi connectivity index (χ2v) is 4.70. The smallest absolute Gasteiger partial charge is 0.156 e. The molecule has 1 rings (SSSR count). The van der Waals surface area contributed by atoms with Gasteiger partial charge in [-0.1, -0.05) is 28.4 Å². The fourth-order valence-electron chi connectivity index (χ4n) is 1.38. The van der Waals surface area contributed by atoms with Gasteiger partial charge in [-0.3, -0.25) is 4.90 Å². The minimum absolute atomic E-state index is 0.158. The lowest BCUT2D eigenvalue weighted by atomic mass is 10.2. The number of halogens is 2. The summed E-state index contributed by atoms with van der Waals surface area (Å²) in [5.74, 6) is 0.158. The second kappa shape index (κ2) is 6.10. The van der Waals surface area contributed by atoms with Crippen LogP contribution in [0, 0.1) is 0 Å². The first-order chi connectivity index (χ1) is 7.95. The van der Waals surface area contributed by atoms with Crippen molar-refractivity contribution in [3.8, 4) is 0 Å². The third-order valence-corrected chi connectivity index (χ3v) is 3.24. The average molecular weight is 276 g/mol. The lowest BCUT2D eigenvalue weighted by molar-refractivity contribution is 0.279. The number of rotatable bonds is 4. The normalized spacial score (nSPS) is 14.1. The first-order valence-electron chi connectivity index (χ1n) is 5.07. The molecule has 0 bridgehead atoms. The molecule has 1 atom stereocenters. The standard InChI is InChI=1S/C11H15Cl2N3O/c1-7(11(14)15-17)16(2)6-8-5-9(12)3-4-10(8)13/h3-5,7,17H,6H2,1-2H3,(H2,14,15). The highest BCUT2D eigenvalue weighted by Gasteiger charge is 2.15. The SMILES string of the molecule is CC(C(N)=NO)N(C)Cc1cc(Cl)ccc1Cl. The summed E-state index contributed by atoms with van der Waals surface area (Å²) in [5, 5.41) is 12.9. The number of likely N-dealkylation sites (N-methyl/N-ethyl adjacent to an activating group) is 1. The molecule has 0 fully saturated rings. The Balaban J connectivity index is 2.80. The van der Waals surface area contributed by atoms with Gasteiger partial charge in [0.15, 0.2) is 5.84 Å². The van der Waals surface area contributed by atoms with Crippen LogP contribution >= 0.6 is 23.2 Å². The number of benzene rings is 1. The molecular weight excluding hydrogens is 261 g/mol. The summed E-state index contributed by atoms with van der Waals surface area (Å²) in [7, 11) is 1.86. The van der Waals surface area contributed by atoms with Gasteiger partial charge in [-0.2, -0.15) is 0 Å². The van der Waals surface area contributed by atoms with E-state index in [0.717, 1.165) is 5.56 Å². The van der Waals surface area contributed by atoms with Crippen molar-refractivity contribution in [2.24, 2.45) is 10.9 Å². The van der Waals surface area contributed by atoms with Gasteiger partial charge in [0, 0.05) is 16.6 Å². The van der Waals surface area contributed by atoms with Crippen LogP contribution in [0.1, 0.15) is 12.5 Å². The van der Waals surface area contributed by atoms with Crippen molar-refractivity contribution >= 4 is 29.0 Å². The van der Waals surface area contributed by atoms with Gasteiger partial charge in [0.2, 0.25) is 0 Å². The van der Waals surface area contributed by atoms with E-state index < -0.39 is 0 Å². The van der Waals surface area contributed by atoms with Gasteiger partial charge in [-0.05, 0) is 37.7 Å². The van der Waals surface area contributed by atoms with Crippen LogP contribution in [0.4, 0.5) is 0 Å². The summed E-state index contributed by atoms with van der Waals surface area (Å²) in [6, 6.07) is 5.11. The molecule has 0 aliphatic heterocycles. The van der Waals surface area contributed by atoms with Crippen molar-refractivity contribution in [2.45, 2.75) is 19.5 Å². The molecule has 1 aromatic carbocycles. The fourth-order valence-corrected chi connectivity index (χ4v) is 1.75. The Bertz CT molecular complexity index is 423. The summed E-state index contributed by atoms with van der Waals surface area (Å²) in [5.41, 5.74) is 6.44. The number of nitrogens with two attached hydrogens (primary N) is 1. The Kier molecular flexibility index (Phi) is 5.05. The van der Waals surface area contributed by atoms with Crippen LogP contribution in [-0.2, 0) is 6.54 Å². The van der Waals surface area contributed by atoms with E-state index >= 15 is 0 Å². The van der Waals surface area contributed by atoms with E-state index in [9.17, 15) is 0 Å². The van der Waals surface area contributed by atoms with Crippen molar-refractivity contribution in [2.75, 3.05) is 7.05 Å². The van der Waals surface area contributed by atoms with Crippen molar-refractivity contribution in [1.29, 1.82) is 0 Å². The van der Waals surface area contributed by atoms with Crippen molar-refractivity contribution < 1.29 is 5.21 Å². The zero-order chi connectivity index (χ0) is 13.0. The molecule has 1 unspecified atom stereocenters. The Morgan fingerprint density at radius 1 is 1.53 bits per heavy atom. The summed E-state index contributed by atoms with van der Waals surface area (Å²) in [6.45, 7) is 2.41. The second-order valence-electron chi connectivity index (χ2n) is 3.85. The first-order valence-corrected chi connectivity index (χ1v) is 5.83. The molecule has 0 aliphatic rings. The average Bonchev–Trinajstić information content (AvgIpc) is 2.31. The summed E-state index contributed by atoms with van der Waals surface area (Å²) < 4.78 is 0. The number of amidine groups is 1. The molecule has 3 N–H and O–H groups in total. The molecule has 0 saturated heterocycles. The van der Waals surface area contributed by atoms with E-state index in [4.69, 9.17) is 34.1 Å². The minimum atomic E-state index is -0.185. The third-order valence-electron chi connectivity index (χ3n) is 2.63. The number of oxime groups is 1. The minimum Gasteiger partial charge on any atom is -0.409 e. The maximum absolute atomic E-state index is 8.61. The zero-order valence-corrected chi connectivity index (χ0v) is 11.2. The Morgan fingerprint density at radius 2 is 2.18 bits per heavy atom. The highest BCUT2D eigenvalue weighted by molar-refractivity contribution is 6.33. The molecule has 17 heavy (non-hydrogen) atoms. The van der Waals surface area contributed by atoms with E-state index in [-0.39, 0.29) is 11.9 Å². The molecule has 0 radical (unpaired) electrons. The van der Waals surface area contributed by atoms with Gasteiger partial charge >= 0.3 is 0 Å². The predicted molar refractivity (Wildman–Crippen MR) is 70.8 cm³/mol. The third kappa shape index (κ3) is 3.77. The van der Waals surface area contributed by atoms with E-state index in [2.05, 4.69) is 5.16 Å². The number of hydrogen-bond donors (Lipinski definition) is 2. The van der Waals surface area contributed by atoms with E-state index in [1.54, 1.807) is 18.2 Å². The summed E-state index contributed by atoms with van der Waals surface area (Å²) in [6.07, 6.45) is 0. The molecule has 0 heterocycles. The molecule has 94 valence electrons. The van der Waals surface area contributed by atoms with Crippen LogP contribution in [0.15, 0.2) is 23.4 Å². The van der Waals surface area contributed by atoms with Crippen LogP contribution in [0.2, 0.25) is 10.0 Å². The Hall–Kier alpha value is -0.970. The lowest BCUT2D eigenvalue weighted by Crippen LogP contribution is -2.40. The summed E-state index contributed by atoms with van der Waals surface area (Å²) >= 11 is 12.0. The van der Waals surface area contributed by atoms with Crippen molar-refractivity contribution in [3.63, 3.8) is 0 Å². The van der Waals surface area contributed by atoms with E-state index in [1.807, 2.05) is 18.9 Å². The van der Waals surface area contributed by atoms with E-state index in [1.165, 1.54) is 0 Å². The number of nitrogens with zero attached hydrogens (tertiary/aromatic N) is 2. The molecule has 0 amide bonds. The van der Waals surface area contributed by atoms with Gasteiger partial charge in [-0.15, -0.1) is 0 Å². The topological polar surface area (TPSA) is 61.9 Å². The largest absolute Gasteiger partial charge is 0.409 e. The molecule has 4 nitrogen and oxygen atoms in total. The molecule has 6 heteroatoms. The van der Waals surface area contributed by atoms with Crippen LogP contribution < -0.4 is 5.73 Å². The van der Waals surface area contributed by atoms with Gasteiger partial charge < -0.3 is 10.9 Å². The van der Waals surface area contributed by atoms with Gasteiger partial charge in [0.05, 0.1) is 6.04 Å². The van der Waals surface area contributed by atoms with Crippen molar-refractivity contribution in [3.05, 3.63) is 33.8 Å². The Morgan fingerprint density at radius 3 is 2.76 bits per heavy atom. The number of hydrogen-bond acceptors (Lipinski definition) is 3. The van der Waals surface area contributed by atoms with Crippen LogP contribution in [0.25, 0.3) is 0 Å². The summed E-state index contributed by atoms with van der Waals surface area (Å²) in [4.78, 5) is 1.91. The van der Waals surface area contributed by atoms with Gasteiger partial charge in [0.25, 0.3) is 0 Å². The molecular formula is C11H15Cl2N3O. The first kappa shape index (κ1) is 14.1. The van der Waals surface area contributed by atoms with Gasteiger partial charge in [0.1, 0.15) is 0 Å². The molecule has 0 spiro atoms. The van der Waals surface area contributed by atoms with E-state index in [0.29, 0.717) is 16.6 Å². The molecule has 0 aliphatic carbocycles.